The SMILES string of the molecule is CN(CC(N)=O)c1nc(-c2ccc(F)cc2)cs1. The molecule has 18 heavy (non-hydrogen) atoms. The van der Waals surface area contributed by atoms with Crippen molar-refractivity contribution in [2.45, 2.75) is 0 Å². The summed E-state index contributed by atoms with van der Waals surface area (Å²) in [5.74, 6) is -0.684. The number of halogens is 1. The van der Waals surface area contributed by atoms with Crippen LogP contribution in [0.15, 0.2) is 29.6 Å². The van der Waals surface area contributed by atoms with Crippen LogP contribution in [0.2, 0.25) is 0 Å². The molecule has 2 rings (SSSR count). The number of carbonyl (C=O) groups is 1. The summed E-state index contributed by atoms with van der Waals surface area (Å²) in [7, 11) is 1.75. The molecule has 4 nitrogen and oxygen atoms in total. The smallest absolute Gasteiger partial charge is 0.237 e. The fourth-order valence-electron chi connectivity index (χ4n) is 1.49. The van der Waals surface area contributed by atoms with Crippen molar-refractivity contribution in [1.82, 2.24) is 4.98 Å². The topological polar surface area (TPSA) is 59.2 Å². The second-order valence-electron chi connectivity index (χ2n) is 3.84. The molecule has 1 amide bonds. The van der Waals surface area contributed by atoms with Crippen LogP contribution in [0.3, 0.4) is 0 Å². The second-order valence-corrected chi connectivity index (χ2v) is 4.68. The van der Waals surface area contributed by atoms with E-state index in [4.69, 9.17) is 5.73 Å². The van der Waals surface area contributed by atoms with Gasteiger partial charge < -0.3 is 10.6 Å². The third-order valence-electron chi connectivity index (χ3n) is 2.35. The maximum atomic E-state index is 12.8. The molecule has 0 atom stereocenters. The first-order valence-electron chi connectivity index (χ1n) is 5.27. The molecule has 0 spiro atoms. The van der Waals surface area contributed by atoms with Gasteiger partial charge in [0.15, 0.2) is 5.13 Å². The number of carbonyl (C=O) groups excluding carboxylic acids is 1. The Hall–Kier alpha value is -1.95. The van der Waals surface area contributed by atoms with Crippen molar-refractivity contribution in [2.75, 3.05) is 18.5 Å². The molecule has 6 heteroatoms. The molecule has 1 aromatic carbocycles. The number of hydrogen-bond donors (Lipinski definition) is 1. The van der Waals surface area contributed by atoms with E-state index in [1.807, 2.05) is 5.38 Å². The quantitative estimate of drug-likeness (QED) is 0.918. The minimum Gasteiger partial charge on any atom is -0.368 e. The van der Waals surface area contributed by atoms with E-state index in [1.54, 1.807) is 24.1 Å². The minimum absolute atomic E-state index is 0.121. The summed E-state index contributed by atoms with van der Waals surface area (Å²) in [6.07, 6.45) is 0. The lowest BCUT2D eigenvalue weighted by molar-refractivity contribution is -0.116. The molecule has 2 N–H and O–H groups in total. The number of primary amides is 1. The number of nitrogens with zero attached hydrogens (tertiary/aromatic N) is 2. The highest BCUT2D eigenvalue weighted by Crippen LogP contribution is 2.26. The van der Waals surface area contributed by atoms with Crippen LogP contribution in [0.4, 0.5) is 9.52 Å². The van der Waals surface area contributed by atoms with E-state index in [-0.39, 0.29) is 12.4 Å². The van der Waals surface area contributed by atoms with Gasteiger partial charge in [0, 0.05) is 18.0 Å². The highest BCUT2D eigenvalue weighted by Gasteiger charge is 2.10. The number of thiazole rings is 1. The van der Waals surface area contributed by atoms with Gasteiger partial charge in [0.1, 0.15) is 5.82 Å². The van der Waals surface area contributed by atoms with Gasteiger partial charge in [0.25, 0.3) is 0 Å². The maximum absolute atomic E-state index is 12.8. The van der Waals surface area contributed by atoms with Crippen molar-refractivity contribution in [1.29, 1.82) is 0 Å². The molecular formula is C12H12FN3OS. The number of likely N-dealkylation sites (N-methyl/N-ethyl adjacent to an activating group) is 1. The first-order chi connectivity index (χ1) is 8.56. The summed E-state index contributed by atoms with van der Waals surface area (Å²) in [5, 5.41) is 2.56. The number of hydrogen-bond acceptors (Lipinski definition) is 4. The van der Waals surface area contributed by atoms with E-state index < -0.39 is 5.91 Å². The highest BCUT2D eigenvalue weighted by molar-refractivity contribution is 7.14. The van der Waals surface area contributed by atoms with Crippen LogP contribution in [0.25, 0.3) is 11.3 Å². The van der Waals surface area contributed by atoms with Crippen LogP contribution in [0, 0.1) is 5.82 Å². The van der Waals surface area contributed by atoms with Crippen molar-refractivity contribution in [3.8, 4) is 11.3 Å². The summed E-state index contributed by atoms with van der Waals surface area (Å²) < 4.78 is 12.8. The van der Waals surface area contributed by atoms with Crippen LogP contribution in [0.5, 0.6) is 0 Å². The Labute approximate surface area is 108 Å². The van der Waals surface area contributed by atoms with E-state index in [9.17, 15) is 9.18 Å². The predicted molar refractivity (Wildman–Crippen MR) is 70.0 cm³/mol. The average Bonchev–Trinajstić information content (AvgIpc) is 2.78. The number of nitrogens with two attached hydrogens (primary N) is 1. The van der Waals surface area contributed by atoms with Crippen LogP contribution in [0.1, 0.15) is 0 Å². The van der Waals surface area contributed by atoms with Gasteiger partial charge in [-0.1, -0.05) is 0 Å². The average molecular weight is 265 g/mol. The highest BCUT2D eigenvalue weighted by atomic mass is 32.1. The first kappa shape index (κ1) is 12.5. The lowest BCUT2D eigenvalue weighted by Gasteiger charge is -2.12. The van der Waals surface area contributed by atoms with E-state index in [1.165, 1.54) is 23.5 Å². The Morgan fingerprint density at radius 1 is 1.44 bits per heavy atom. The van der Waals surface area contributed by atoms with Crippen molar-refractivity contribution in [3.63, 3.8) is 0 Å². The van der Waals surface area contributed by atoms with Crippen molar-refractivity contribution in [3.05, 3.63) is 35.5 Å². The Balaban J connectivity index is 2.19. The molecule has 2 aromatic rings. The zero-order valence-corrected chi connectivity index (χ0v) is 10.6. The Morgan fingerprint density at radius 3 is 2.72 bits per heavy atom. The van der Waals surface area contributed by atoms with Crippen LogP contribution >= 0.6 is 11.3 Å². The molecule has 0 saturated carbocycles. The molecule has 1 aromatic heterocycles. The molecule has 0 fully saturated rings. The van der Waals surface area contributed by atoms with E-state index >= 15 is 0 Å². The monoisotopic (exact) mass is 265 g/mol. The molecule has 0 bridgehead atoms. The van der Waals surface area contributed by atoms with Gasteiger partial charge in [0.05, 0.1) is 12.2 Å². The van der Waals surface area contributed by atoms with Crippen LogP contribution < -0.4 is 10.6 Å². The molecule has 0 aliphatic rings. The second kappa shape index (κ2) is 5.14. The van der Waals surface area contributed by atoms with Crippen molar-refractivity contribution >= 4 is 22.4 Å². The van der Waals surface area contributed by atoms with Gasteiger partial charge in [-0.15, -0.1) is 11.3 Å². The molecule has 0 radical (unpaired) electrons. The normalized spacial score (nSPS) is 10.3. The van der Waals surface area contributed by atoms with Gasteiger partial charge >= 0.3 is 0 Å². The lowest BCUT2D eigenvalue weighted by Crippen LogP contribution is -2.30. The van der Waals surface area contributed by atoms with E-state index in [2.05, 4.69) is 4.98 Å². The van der Waals surface area contributed by atoms with Crippen LogP contribution in [-0.4, -0.2) is 24.5 Å². The van der Waals surface area contributed by atoms with Crippen LogP contribution in [-0.2, 0) is 4.79 Å². The first-order valence-corrected chi connectivity index (χ1v) is 6.15. The van der Waals surface area contributed by atoms with Gasteiger partial charge in [-0.3, -0.25) is 4.79 Å². The van der Waals surface area contributed by atoms with Gasteiger partial charge in [-0.2, -0.15) is 0 Å². The fraction of sp³-hybridized carbons (Fsp3) is 0.167. The number of anilines is 1. The van der Waals surface area contributed by atoms with Crippen molar-refractivity contribution < 1.29 is 9.18 Å². The Kier molecular flexibility index (Phi) is 3.57. The summed E-state index contributed by atoms with van der Waals surface area (Å²) in [6.45, 7) is 0.121. The number of benzene rings is 1. The number of aromatic nitrogens is 1. The zero-order chi connectivity index (χ0) is 13.1. The Bertz CT molecular complexity index is 553. The zero-order valence-electron chi connectivity index (χ0n) is 9.76. The standard InChI is InChI=1S/C12H12FN3OS/c1-16(6-11(14)17)12-15-10(7-18-12)8-2-4-9(13)5-3-8/h2-5,7H,6H2,1H3,(H2,14,17). The van der Waals surface area contributed by atoms with E-state index in [0.717, 1.165) is 11.3 Å². The molecule has 1 heterocycles. The third kappa shape index (κ3) is 2.84. The molecular weight excluding hydrogens is 253 g/mol. The molecule has 94 valence electrons. The largest absolute Gasteiger partial charge is 0.368 e. The molecule has 0 aliphatic carbocycles. The molecule has 0 saturated heterocycles. The summed E-state index contributed by atoms with van der Waals surface area (Å²) in [4.78, 5) is 16.9. The summed E-state index contributed by atoms with van der Waals surface area (Å²) >= 11 is 1.41. The maximum Gasteiger partial charge on any atom is 0.237 e. The van der Waals surface area contributed by atoms with Gasteiger partial charge in [-0.25, -0.2) is 9.37 Å². The third-order valence-corrected chi connectivity index (χ3v) is 3.31. The van der Waals surface area contributed by atoms with Gasteiger partial charge in [-0.05, 0) is 24.3 Å². The Morgan fingerprint density at radius 2 is 2.11 bits per heavy atom. The number of rotatable bonds is 4. The lowest BCUT2D eigenvalue weighted by atomic mass is 10.2. The van der Waals surface area contributed by atoms with Gasteiger partial charge in [0.2, 0.25) is 5.91 Å². The van der Waals surface area contributed by atoms with E-state index in [0.29, 0.717) is 5.13 Å². The predicted octanol–water partition coefficient (Wildman–Crippen LogP) is 1.87. The molecule has 0 unspecified atom stereocenters. The minimum atomic E-state index is -0.406. The summed E-state index contributed by atoms with van der Waals surface area (Å²) in [6, 6.07) is 6.12. The fourth-order valence-corrected chi connectivity index (χ4v) is 2.30. The van der Waals surface area contributed by atoms with Crippen molar-refractivity contribution in [2.24, 2.45) is 5.73 Å². The summed E-state index contributed by atoms with van der Waals surface area (Å²) in [5.41, 5.74) is 6.71. The number of amides is 1. The molecule has 0 aliphatic heterocycles.